The fourth-order valence-corrected chi connectivity index (χ4v) is 5.62. The molecule has 0 spiro atoms. The van der Waals surface area contributed by atoms with E-state index in [9.17, 15) is 14.9 Å². The maximum absolute atomic E-state index is 13.6. The Hall–Kier alpha value is -3.85. The van der Waals surface area contributed by atoms with Gasteiger partial charge in [0.25, 0.3) is 5.69 Å². The molecule has 1 aromatic heterocycles. The van der Waals surface area contributed by atoms with Crippen molar-refractivity contribution < 1.29 is 19.2 Å². The zero-order valence-electron chi connectivity index (χ0n) is 17.4. The van der Waals surface area contributed by atoms with E-state index in [-0.39, 0.29) is 24.2 Å². The number of ether oxygens (including phenoxy) is 2. The van der Waals surface area contributed by atoms with E-state index in [0.717, 1.165) is 21.9 Å². The molecule has 9 heteroatoms. The number of thiophene rings is 1. The smallest absolute Gasteiger partial charge is 0.279 e. The molecule has 3 aliphatic rings. The van der Waals surface area contributed by atoms with Crippen LogP contribution in [-0.2, 0) is 4.79 Å². The first kappa shape index (κ1) is 19.8. The molecule has 2 atom stereocenters. The summed E-state index contributed by atoms with van der Waals surface area (Å²) in [6.07, 6.45) is 1.00. The number of hydrogen-bond donors (Lipinski definition) is 2. The van der Waals surface area contributed by atoms with E-state index in [4.69, 9.17) is 9.47 Å². The Balaban J connectivity index is 1.53. The number of anilines is 2. The normalized spacial score (nSPS) is 20.9. The highest BCUT2D eigenvalue weighted by Gasteiger charge is 2.39. The van der Waals surface area contributed by atoms with Crippen molar-refractivity contribution in [3.8, 4) is 11.5 Å². The number of carbonyl (C=O) groups excluding carboxylic acids is 1. The first-order chi connectivity index (χ1) is 16.1. The number of nitrogens with one attached hydrogen (secondary N) is 2. The topological polar surface area (TPSA) is 103 Å². The number of para-hydroxylation sites is 2. The summed E-state index contributed by atoms with van der Waals surface area (Å²) in [5, 5.41) is 20.9. The minimum Gasteiger partial charge on any atom is -0.454 e. The van der Waals surface area contributed by atoms with Gasteiger partial charge in [-0.05, 0) is 36.1 Å². The van der Waals surface area contributed by atoms with Crippen LogP contribution >= 0.6 is 11.3 Å². The molecule has 2 aromatic carbocycles. The van der Waals surface area contributed by atoms with Crippen molar-refractivity contribution in [2.24, 2.45) is 0 Å². The van der Waals surface area contributed by atoms with Crippen LogP contribution in [0.3, 0.4) is 0 Å². The predicted molar refractivity (Wildman–Crippen MR) is 124 cm³/mol. The molecule has 0 unspecified atom stereocenters. The quantitative estimate of drug-likeness (QED) is 0.400. The van der Waals surface area contributed by atoms with Crippen LogP contribution in [0.2, 0.25) is 0 Å². The highest BCUT2D eigenvalue weighted by molar-refractivity contribution is 7.10. The number of allylic oxidation sites excluding steroid dienone is 1. The van der Waals surface area contributed by atoms with Gasteiger partial charge < -0.3 is 20.1 Å². The molecule has 6 rings (SSSR count). The number of nitro groups is 1. The number of Topliss-reactive ketones (excluding diaryl/α,β-unsaturated/α-hetero) is 1. The number of rotatable bonds is 3. The summed E-state index contributed by atoms with van der Waals surface area (Å²) in [4.78, 5) is 26.3. The second kappa shape index (κ2) is 7.63. The largest absolute Gasteiger partial charge is 0.454 e. The van der Waals surface area contributed by atoms with Crippen LogP contribution in [0.4, 0.5) is 17.1 Å². The molecule has 2 aliphatic heterocycles. The summed E-state index contributed by atoms with van der Waals surface area (Å²) in [5.74, 6) is 0.810. The average molecular weight is 461 g/mol. The fraction of sp³-hybridized carbons (Fsp3) is 0.208. The van der Waals surface area contributed by atoms with Gasteiger partial charge in [0.15, 0.2) is 17.3 Å². The van der Waals surface area contributed by atoms with Gasteiger partial charge in [0, 0.05) is 28.5 Å². The zero-order valence-corrected chi connectivity index (χ0v) is 18.2. The number of benzene rings is 2. The maximum Gasteiger partial charge on any atom is 0.279 e. The van der Waals surface area contributed by atoms with Crippen LogP contribution in [0.25, 0.3) is 0 Å². The molecule has 0 amide bonds. The average Bonchev–Trinajstić information content (AvgIpc) is 3.47. The molecule has 3 heterocycles. The number of nitro benzene ring substituents is 1. The van der Waals surface area contributed by atoms with E-state index in [2.05, 4.69) is 16.7 Å². The Labute approximate surface area is 193 Å². The second-order valence-electron chi connectivity index (χ2n) is 8.21. The molecule has 0 fully saturated rings. The van der Waals surface area contributed by atoms with E-state index < -0.39 is 11.0 Å². The van der Waals surface area contributed by atoms with Gasteiger partial charge >= 0.3 is 0 Å². The highest BCUT2D eigenvalue weighted by Crippen LogP contribution is 2.48. The van der Waals surface area contributed by atoms with Crippen LogP contribution in [0, 0.1) is 10.1 Å². The van der Waals surface area contributed by atoms with Crippen molar-refractivity contribution in [1.29, 1.82) is 0 Å². The molecule has 33 heavy (non-hydrogen) atoms. The lowest BCUT2D eigenvalue weighted by Gasteiger charge is -2.29. The molecule has 2 N–H and O–H groups in total. The summed E-state index contributed by atoms with van der Waals surface area (Å²) in [6.45, 7) is 0.00773. The molecule has 0 bridgehead atoms. The molecule has 0 saturated heterocycles. The summed E-state index contributed by atoms with van der Waals surface area (Å²) in [6, 6.07) is 14.0. The van der Waals surface area contributed by atoms with Crippen LogP contribution < -0.4 is 20.1 Å². The molecule has 1 aliphatic carbocycles. The van der Waals surface area contributed by atoms with Crippen LogP contribution in [0.1, 0.15) is 35.2 Å². The Kier molecular flexibility index (Phi) is 4.58. The standard InChI is InChI=1S/C24H19N3O5S/c28-19-9-13(22-6-3-7-33-22)8-17-23(19)24(26-16-5-2-1-4-15(16)25-17)14-10-20-21(32-12-31-20)11-18(14)27(29)30/h1-7,10-11,13,24-26H,8-9,12H2/t13-,24+/m0/s1. The first-order valence-electron chi connectivity index (χ1n) is 10.6. The van der Waals surface area contributed by atoms with E-state index >= 15 is 0 Å². The molecule has 0 radical (unpaired) electrons. The van der Waals surface area contributed by atoms with Gasteiger partial charge in [0.2, 0.25) is 6.79 Å². The second-order valence-corrected chi connectivity index (χ2v) is 9.18. The highest BCUT2D eigenvalue weighted by atomic mass is 32.1. The summed E-state index contributed by atoms with van der Waals surface area (Å²) < 4.78 is 10.9. The van der Waals surface area contributed by atoms with Crippen LogP contribution in [0.15, 0.2) is 65.2 Å². The fourth-order valence-electron chi connectivity index (χ4n) is 4.79. The summed E-state index contributed by atoms with van der Waals surface area (Å²) in [7, 11) is 0. The zero-order chi connectivity index (χ0) is 22.5. The summed E-state index contributed by atoms with van der Waals surface area (Å²) in [5.41, 5.74) is 3.18. The Morgan fingerprint density at radius 2 is 1.82 bits per heavy atom. The minimum atomic E-state index is -0.706. The van der Waals surface area contributed by atoms with E-state index in [1.54, 1.807) is 17.4 Å². The first-order valence-corrected chi connectivity index (χ1v) is 11.5. The monoisotopic (exact) mass is 461 g/mol. The molecule has 8 nitrogen and oxygen atoms in total. The lowest BCUT2D eigenvalue weighted by atomic mass is 9.80. The van der Waals surface area contributed by atoms with Crippen LogP contribution in [0.5, 0.6) is 11.5 Å². The Morgan fingerprint density at radius 1 is 1.03 bits per heavy atom. The number of carbonyl (C=O) groups is 1. The number of nitrogens with zero attached hydrogens (tertiary/aromatic N) is 1. The summed E-state index contributed by atoms with van der Waals surface area (Å²) >= 11 is 1.64. The number of hydrogen-bond acceptors (Lipinski definition) is 8. The maximum atomic E-state index is 13.6. The lowest BCUT2D eigenvalue weighted by Crippen LogP contribution is -2.27. The van der Waals surface area contributed by atoms with Crippen molar-refractivity contribution in [3.05, 3.63) is 85.7 Å². The number of fused-ring (bicyclic) bond motifs is 2. The van der Waals surface area contributed by atoms with Gasteiger partial charge in [-0.3, -0.25) is 14.9 Å². The van der Waals surface area contributed by atoms with Crippen molar-refractivity contribution in [1.82, 2.24) is 0 Å². The SMILES string of the molecule is O=C1C[C@@H](c2cccs2)CC2=C1[C@@H](c1cc3c(cc1[N+](=O)[O-])OCO3)Nc1ccccc1N2. The van der Waals surface area contributed by atoms with Crippen LogP contribution in [-0.4, -0.2) is 17.5 Å². The molecule has 0 saturated carbocycles. The van der Waals surface area contributed by atoms with Crippen molar-refractivity contribution in [2.45, 2.75) is 24.8 Å². The van der Waals surface area contributed by atoms with E-state index in [1.165, 1.54) is 6.07 Å². The van der Waals surface area contributed by atoms with E-state index in [1.807, 2.05) is 35.7 Å². The third-order valence-electron chi connectivity index (χ3n) is 6.28. The van der Waals surface area contributed by atoms with Crippen molar-refractivity contribution >= 4 is 34.2 Å². The molecular formula is C24H19N3O5S. The van der Waals surface area contributed by atoms with Gasteiger partial charge in [0.05, 0.1) is 34.0 Å². The third kappa shape index (κ3) is 3.32. The third-order valence-corrected chi connectivity index (χ3v) is 7.32. The van der Waals surface area contributed by atoms with Gasteiger partial charge in [0.1, 0.15) is 0 Å². The predicted octanol–water partition coefficient (Wildman–Crippen LogP) is 5.36. The molecular weight excluding hydrogens is 442 g/mol. The van der Waals surface area contributed by atoms with Gasteiger partial charge in [-0.15, -0.1) is 11.3 Å². The lowest BCUT2D eigenvalue weighted by molar-refractivity contribution is -0.385. The molecule has 166 valence electrons. The van der Waals surface area contributed by atoms with Crippen molar-refractivity contribution in [2.75, 3.05) is 17.4 Å². The van der Waals surface area contributed by atoms with Gasteiger partial charge in [-0.1, -0.05) is 18.2 Å². The Morgan fingerprint density at radius 3 is 2.58 bits per heavy atom. The van der Waals surface area contributed by atoms with E-state index in [0.29, 0.717) is 35.5 Å². The Bertz CT molecular complexity index is 1320. The minimum absolute atomic E-state index is 0.00773. The van der Waals surface area contributed by atoms with Crippen molar-refractivity contribution in [3.63, 3.8) is 0 Å². The van der Waals surface area contributed by atoms with Gasteiger partial charge in [-0.25, -0.2) is 0 Å². The van der Waals surface area contributed by atoms with Gasteiger partial charge in [-0.2, -0.15) is 0 Å². The molecule has 3 aromatic rings. The number of ketones is 1.